The minimum Gasteiger partial charge on any atom is -0.310 e. The fourth-order valence-corrected chi connectivity index (χ4v) is 16.7. The molecule has 0 saturated heterocycles. The highest BCUT2D eigenvalue weighted by Gasteiger charge is 2.52. The molecule has 0 spiro atoms. The maximum Gasteiger partial charge on any atom is 0.0714 e. The van der Waals surface area contributed by atoms with Gasteiger partial charge in [0.2, 0.25) is 0 Å². The first-order valence-electron chi connectivity index (χ1n) is 35.6. The quantitative estimate of drug-likeness (QED) is 0.107. The average molecular weight is 1300 g/mol. The summed E-state index contributed by atoms with van der Waals surface area (Å²) in [4.78, 5) is 4.97. The minimum absolute atomic E-state index is 0.791. The maximum absolute atomic E-state index is 2.66. The molecule has 2 heteroatoms. The van der Waals surface area contributed by atoms with E-state index in [1.807, 2.05) is 0 Å². The number of fused-ring (bicyclic) bond motifs is 8. The highest BCUT2D eigenvalue weighted by atomic mass is 15.1. The van der Waals surface area contributed by atoms with Crippen LogP contribution < -0.4 is 9.80 Å². The van der Waals surface area contributed by atoms with Crippen molar-refractivity contribution in [2.24, 2.45) is 0 Å². The van der Waals surface area contributed by atoms with E-state index in [0.29, 0.717) is 0 Å². The van der Waals surface area contributed by atoms with Crippen molar-refractivity contribution in [3.8, 4) is 66.8 Å². The largest absolute Gasteiger partial charge is 0.310 e. The molecule has 0 N–H and O–H groups in total. The minimum atomic E-state index is -0.812. The SMILES string of the molecule is Cc1ccc(C2(c3ccc(C)cc3)c3cc(N(c4ccc(-c5ccccc5)cc4)c4ccc(-c5ccccc5)cc4)ccc3-c3cc4c(cc32)-c2c(cc(N(c3ccc(-c5ccccc5)cc3)c3ccc(-c5ccccc5)cc3)c3ccccc23)C4(c2ccc(C)cc2)c2ccc(C)cc2)cc1. The van der Waals surface area contributed by atoms with Crippen molar-refractivity contribution in [2.75, 3.05) is 9.80 Å². The molecule has 16 aromatic rings. The Kier molecular flexibility index (Phi) is 15.3. The predicted molar refractivity (Wildman–Crippen MR) is 429 cm³/mol. The van der Waals surface area contributed by atoms with Gasteiger partial charge in [-0.25, -0.2) is 0 Å². The van der Waals surface area contributed by atoms with Gasteiger partial charge in [0.15, 0.2) is 0 Å². The topological polar surface area (TPSA) is 6.48 Å². The summed E-state index contributed by atoms with van der Waals surface area (Å²) in [6, 6.07) is 142. The number of anilines is 6. The van der Waals surface area contributed by atoms with Gasteiger partial charge in [0.1, 0.15) is 0 Å². The van der Waals surface area contributed by atoms with Gasteiger partial charge in [-0.15, -0.1) is 0 Å². The molecular weight excluding hydrogens is 1230 g/mol. The van der Waals surface area contributed by atoms with Gasteiger partial charge >= 0.3 is 0 Å². The van der Waals surface area contributed by atoms with Crippen LogP contribution in [0.3, 0.4) is 0 Å². The molecule has 484 valence electrons. The second-order valence-corrected chi connectivity index (χ2v) is 27.8. The highest BCUT2D eigenvalue weighted by Crippen LogP contribution is 2.65. The van der Waals surface area contributed by atoms with Crippen LogP contribution in [0.2, 0.25) is 0 Å². The summed E-state index contributed by atoms with van der Waals surface area (Å²) in [7, 11) is 0. The molecule has 18 rings (SSSR count). The lowest BCUT2D eigenvalue weighted by Crippen LogP contribution is -2.30. The molecule has 16 aromatic carbocycles. The molecule has 0 heterocycles. The summed E-state index contributed by atoms with van der Waals surface area (Å²) in [6.45, 7) is 8.84. The molecule has 0 aromatic heterocycles. The molecule has 2 aliphatic carbocycles. The maximum atomic E-state index is 2.66. The van der Waals surface area contributed by atoms with Crippen LogP contribution >= 0.6 is 0 Å². The molecule has 0 atom stereocenters. The number of nitrogens with zero attached hydrogens (tertiary/aromatic N) is 2. The van der Waals surface area contributed by atoms with Gasteiger partial charge < -0.3 is 9.80 Å². The van der Waals surface area contributed by atoms with Crippen molar-refractivity contribution >= 4 is 44.9 Å². The molecule has 102 heavy (non-hydrogen) atoms. The molecule has 0 aliphatic heterocycles. The van der Waals surface area contributed by atoms with Gasteiger partial charge in [-0.1, -0.05) is 320 Å². The van der Waals surface area contributed by atoms with Crippen LogP contribution in [0.5, 0.6) is 0 Å². The zero-order valence-corrected chi connectivity index (χ0v) is 57.7. The zero-order valence-electron chi connectivity index (χ0n) is 57.7. The van der Waals surface area contributed by atoms with E-state index in [9.17, 15) is 0 Å². The number of benzene rings is 16. The second kappa shape index (κ2) is 25.3. The number of hydrogen-bond donors (Lipinski definition) is 0. The van der Waals surface area contributed by atoms with Crippen molar-refractivity contribution in [3.63, 3.8) is 0 Å². The Morgan fingerprint density at radius 1 is 0.196 bits per heavy atom. The third-order valence-electron chi connectivity index (χ3n) is 21.7. The van der Waals surface area contributed by atoms with E-state index < -0.39 is 10.8 Å². The van der Waals surface area contributed by atoms with Crippen LogP contribution in [0, 0.1) is 27.7 Å². The van der Waals surface area contributed by atoms with Gasteiger partial charge in [0.25, 0.3) is 0 Å². The molecule has 0 radical (unpaired) electrons. The van der Waals surface area contributed by atoms with Crippen molar-refractivity contribution in [1.82, 2.24) is 0 Å². The Morgan fingerprint density at radius 3 is 0.853 bits per heavy atom. The second-order valence-electron chi connectivity index (χ2n) is 27.8. The third kappa shape index (κ3) is 10.3. The first kappa shape index (κ1) is 61.7. The van der Waals surface area contributed by atoms with Crippen LogP contribution in [0.4, 0.5) is 34.1 Å². The fraction of sp³-hybridized carbons (Fsp3) is 0.0600. The van der Waals surface area contributed by atoms with E-state index in [0.717, 1.165) is 39.5 Å². The van der Waals surface area contributed by atoms with Gasteiger partial charge in [-0.3, -0.25) is 0 Å². The standard InChI is InChI=1S/C100H74N2/c1-67-29-45-79(46-30-67)99(80-47-31-68(2)32-48-80)93-63-87(101(83-53-37-75(38-54-83)71-19-9-5-10-20-71)84-55-39-76(40-56-84)72-21-11-6-12-22-72)61-62-88(93)91-64-95-92(65-94(91)99)98-90-28-18-17-27-89(90)97(66-96(98)100(95,81-49-33-69(3)34-50-81)82-51-35-70(4)36-52-82)102(85-57-41-77(42-58-85)73-23-13-7-14-24-73)86-59-43-78(44-60-86)74-25-15-8-16-26-74/h5-66H,1-4H3. The molecule has 0 fully saturated rings. The summed E-state index contributed by atoms with van der Waals surface area (Å²) in [6.07, 6.45) is 0. The van der Waals surface area contributed by atoms with Gasteiger partial charge in [0.05, 0.1) is 16.5 Å². The normalized spacial score (nSPS) is 12.9. The van der Waals surface area contributed by atoms with Crippen molar-refractivity contribution in [1.29, 1.82) is 0 Å². The summed E-state index contributed by atoms with van der Waals surface area (Å²) >= 11 is 0. The molecule has 0 amide bonds. The predicted octanol–water partition coefficient (Wildman–Crippen LogP) is 26.4. The summed E-state index contributed by atoms with van der Waals surface area (Å²) in [5.41, 5.74) is 33.9. The van der Waals surface area contributed by atoms with E-state index in [1.54, 1.807) is 0 Å². The van der Waals surface area contributed by atoms with E-state index in [4.69, 9.17) is 0 Å². The summed E-state index contributed by atoms with van der Waals surface area (Å²) < 4.78 is 0. The van der Waals surface area contributed by atoms with Crippen molar-refractivity contribution in [2.45, 2.75) is 38.5 Å². The molecule has 2 aliphatic rings. The number of rotatable bonds is 14. The van der Waals surface area contributed by atoms with E-state index in [2.05, 4.69) is 414 Å². The molecule has 0 saturated carbocycles. The van der Waals surface area contributed by atoms with Gasteiger partial charge in [-0.2, -0.15) is 0 Å². The van der Waals surface area contributed by atoms with Crippen molar-refractivity contribution < 1.29 is 0 Å². The third-order valence-corrected chi connectivity index (χ3v) is 21.7. The number of hydrogen-bond acceptors (Lipinski definition) is 2. The Morgan fingerprint density at radius 2 is 0.480 bits per heavy atom. The first-order valence-corrected chi connectivity index (χ1v) is 35.6. The van der Waals surface area contributed by atoms with Crippen LogP contribution in [0.25, 0.3) is 77.5 Å². The van der Waals surface area contributed by atoms with Crippen LogP contribution in [-0.4, -0.2) is 0 Å². The average Bonchev–Trinajstić information content (AvgIpc) is 1.50. The van der Waals surface area contributed by atoms with Crippen molar-refractivity contribution in [3.05, 3.63) is 443 Å². The van der Waals surface area contributed by atoms with E-state index >= 15 is 0 Å². The van der Waals surface area contributed by atoms with Crippen LogP contribution in [0.15, 0.2) is 376 Å². The molecule has 2 nitrogen and oxygen atoms in total. The zero-order chi connectivity index (χ0) is 68.5. The van der Waals surface area contributed by atoms with Crippen LogP contribution in [0.1, 0.15) is 66.8 Å². The lowest BCUT2D eigenvalue weighted by molar-refractivity contribution is 0.758. The van der Waals surface area contributed by atoms with Gasteiger partial charge in [-0.05, 0) is 223 Å². The lowest BCUT2D eigenvalue weighted by atomic mass is 9.65. The Hall–Kier alpha value is -12.6. The Balaban J connectivity index is 0.919. The molecular formula is C100H74N2. The highest BCUT2D eigenvalue weighted by molar-refractivity contribution is 6.12. The van der Waals surface area contributed by atoms with Crippen LogP contribution in [-0.2, 0) is 10.8 Å². The van der Waals surface area contributed by atoms with E-state index in [-0.39, 0.29) is 0 Å². The monoisotopic (exact) mass is 1300 g/mol. The summed E-state index contributed by atoms with van der Waals surface area (Å²) in [5.74, 6) is 0. The Labute approximate surface area is 599 Å². The smallest absolute Gasteiger partial charge is 0.0714 e. The van der Waals surface area contributed by atoms with E-state index in [1.165, 1.54) is 139 Å². The molecule has 0 unspecified atom stereocenters. The first-order chi connectivity index (χ1) is 50.2. The molecule has 0 bridgehead atoms. The fourth-order valence-electron chi connectivity index (χ4n) is 16.7. The number of aryl methyl sites for hydroxylation is 4. The summed E-state index contributed by atoms with van der Waals surface area (Å²) in [5, 5.41) is 2.36. The lowest BCUT2D eigenvalue weighted by Gasteiger charge is -2.36. The van der Waals surface area contributed by atoms with Gasteiger partial charge in [0, 0.05) is 33.8 Å². The Bertz CT molecular complexity index is 5490.